The number of carbonyl (C=O) groups is 1. The lowest BCUT2D eigenvalue weighted by Gasteiger charge is -2.18. The van der Waals surface area contributed by atoms with Crippen LogP contribution in [0.1, 0.15) is 6.42 Å². The molecule has 1 aromatic rings. The van der Waals surface area contributed by atoms with Crippen molar-refractivity contribution >= 4 is 11.6 Å². The van der Waals surface area contributed by atoms with Gasteiger partial charge in [-0.1, -0.05) is 24.3 Å². The van der Waals surface area contributed by atoms with Crippen molar-refractivity contribution in [3.05, 3.63) is 43.0 Å². The first-order valence-corrected chi connectivity index (χ1v) is 5.38. The van der Waals surface area contributed by atoms with Crippen molar-refractivity contribution in [2.45, 2.75) is 6.42 Å². The molecule has 1 rings (SSSR count). The summed E-state index contributed by atoms with van der Waals surface area (Å²) in [6.45, 7) is 4.80. The van der Waals surface area contributed by atoms with Crippen LogP contribution in [0.3, 0.4) is 0 Å². The zero-order chi connectivity index (χ0) is 11.8. The van der Waals surface area contributed by atoms with E-state index in [0.717, 1.165) is 5.69 Å². The summed E-state index contributed by atoms with van der Waals surface area (Å²) >= 11 is 0. The van der Waals surface area contributed by atoms with Crippen molar-refractivity contribution in [2.24, 2.45) is 0 Å². The minimum atomic E-state index is 0.0580. The summed E-state index contributed by atoms with van der Waals surface area (Å²) < 4.78 is 0. The highest BCUT2D eigenvalue weighted by Crippen LogP contribution is 2.10. The fraction of sp³-hybridized carbons (Fsp3) is 0.308. The maximum absolute atomic E-state index is 11.4. The van der Waals surface area contributed by atoms with Gasteiger partial charge in [0.1, 0.15) is 0 Å². The summed E-state index contributed by atoms with van der Waals surface area (Å²) in [6, 6.07) is 10.0. The van der Waals surface area contributed by atoms with Crippen molar-refractivity contribution in [2.75, 3.05) is 25.0 Å². The zero-order valence-electron chi connectivity index (χ0n) is 9.65. The van der Waals surface area contributed by atoms with Gasteiger partial charge in [-0.05, 0) is 12.1 Å². The van der Waals surface area contributed by atoms with E-state index in [1.807, 2.05) is 37.4 Å². The van der Waals surface area contributed by atoms with Crippen molar-refractivity contribution in [3.8, 4) is 0 Å². The van der Waals surface area contributed by atoms with Crippen molar-refractivity contribution in [3.63, 3.8) is 0 Å². The summed E-state index contributed by atoms with van der Waals surface area (Å²) in [7, 11) is 1.98. The zero-order valence-corrected chi connectivity index (χ0v) is 9.65. The largest absolute Gasteiger partial charge is 0.374 e. The lowest BCUT2D eigenvalue weighted by atomic mass is 10.3. The van der Waals surface area contributed by atoms with E-state index in [2.05, 4.69) is 16.8 Å². The highest BCUT2D eigenvalue weighted by Gasteiger charge is 2.03. The van der Waals surface area contributed by atoms with E-state index in [1.165, 1.54) is 0 Å². The second-order valence-corrected chi connectivity index (χ2v) is 3.60. The van der Waals surface area contributed by atoms with Crippen molar-refractivity contribution in [1.29, 1.82) is 0 Å². The van der Waals surface area contributed by atoms with E-state index in [9.17, 15) is 4.79 Å². The number of nitrogens with one attached hydrogen (secondary N) is 1. The van der Waals surface area contributed by atoms with Crippen LogP contribution in [-0.2, 0) is 4.79 Å². The Bertz CT molecular complexity index is 335. The Labute approximate surface area is 96.8 Å². The number of para-hydroxylation sites is 1. The molecule has 3 nitrogen and oxygen atoms in total. The second kappa shape index (κ2) is 6.67. The lowest BCUT2D eigenvalue weighted by Crippen LogP contribution is -2.28. The van der Waals surface area contributed by atoms with Crippen LogP contribution in [0, 0.1) is 0 Å². The highest BCUT2D eigenvalue weighted by atomic mass is 16.1. The molecule has 0 unspecified atom stereocenters. The fourth-order valence-electron chi connectivity index (χ4n) is 1.36. The van der Waals surface area contributed by atoms with E-state index in [-0.39, 0.29) is 5.91 Å². The molecule has 0 aliphatic carbocycles. The van der Waals surface area contributed by atoms with Crippen LogP contribution in [0.5, 0.6) is 0 Å². The molecule has 0 fully saturated rings. The molecule has 0 aliphatic heterocycles. The molecule has 1 aromatic carbocycles. The van der Waals surface area contributed by atoms with Crippen LogP contribution >= 0.6 is 0 Å². The van der Waals surface area contributed by atoms with Gasteiger partial charge in [-0.15, -0.1) is 6.58 Å². The topological polar surface area (TPSA) is 32.3 Å². The number of carbonyl (C=O) groups excluding carboxylic acids is 1. The minimum absolute atomic E-state index is 0.0580. The summed E-state index contributed by atoms with van der Waals surface area (Å²) in [4.78, 5) is 13.4. The molecule has 16 heavy (non-hydrogen) atoms. The molecule has 0 radical (unpaired) electrons. The fourth-order valence-corrected chi connectivity index (χ4v) is 1.36. The van der Waals surface area contributed by atoms with E-state index in [4.69, 9.17) is 0 Å². The van der Waals surface area contributed by atoms with Crippen LogP contribution in [0.25, 0.3) is 0 Å². The first-order chi connectivity index (χ1) is 7.74. The first kappa shape index (κ1) is 12.3. The van der Waals surface area contributed by atoms with Crippen LogP contribution in [0.15, 0.2) is 43.0 Å². The number of anilines is 1. The molecule has 0 saturated heterocycles. The van der Waals surface area contributed by atoms with Crippen LogP contribution in [0.2, 0.25) is 0 Å². The van der Waals surface area contributed by atoms with Crippen LogP contribution < -0.4 is 10.2 Å². The third-order valence-corrected chi connectivity index (χ3v) is 2.31. The van der Waals surface area contributed by atoms with Gasteiger partial charge in [-0.2, -0.15) is 0 Å². The lowest BCUT2D eigenvalue weighted by molar-refractivity contribution is -0.120. The van der Waals surface area contributed by atoms with Crippen molar-refractivity contribution < 1.29 is 4.79 Å². The normalized spacial score (nSPS) is 9.56. The highest BCUT2D eigenvalue weighted by molar-refractivity contribution is 5.76. The number of amides is 1. The summed E-state index contributed by atoms with van der Waals surface area (Å²) in [5.74, 6) is 0.0580. The van der Waals surface area contributed by atoms with Gasteiger partial charge in [0.2, 0.25) is 5.91 Å². The molecule has 1 amide bonds. The SMILES string of the molecule is C=CCNC(=O)CCN(C)c1ccccc1. The number of hydrogen-bond acceptors (Lipinski definition) is 2. The van der Waals surface area contributed by atoms with E-state index < -0.39 is 0 Å². The summed E-state index contributed by atoms with van der Waals surface area (Å²) in [6.07, 6.45) is 2.18. The Morgan fingerprint density at radius 2 is 2.12 bits per heavy atom. The van der Waals surface area contributed by atoms with Gasteiger partial charge in [-0.25, -0.2) is 0 Å². The maximum Gasteiger partial charge on any atom is 0.222 e. The van der Waals surface area contributed by atoms with Gasteiger partial charge >= 0.3 is 0 Å². The molecule has 0 aromatic heterocycles. The van der Waals surface area contributed by atoms with Gasteiger partial charge in [0.05, 0.1) is 0 Å². The smallest absolute Gasteiger partial charge is 0.222 e. The Kier molecular flexibility index (Phi) is 5.12. The third kappa shape index (κ3) is 4.17. The van der Waals surface area contributed by atoms with Gasteiger partial charge in [-0.3, -0.25) is 4.79 Å². The molecule has 0 saturated carbocycles. The Morgan fingerprint density at radius 1 is 1.44 bits per heavy atom. The quantitative estimate of drug-likeness (QED) is 0.739. The number of rotatable bonds is 6. The summed E-state index contributed by atoms with van der Waals surface area (Å²) in [5.41, 5.74) is 1.12. The second-order valence-electron chi connectivity index (χ2n) is 3.60. The number of nitrogens with zero attached hydrogens (tertiary/aromatic N) is 1. The molecular formula is C13H18N2O. The van der Waals surface area contributed by atoms with Crippen LogP contribution in [0.4, 0.5) is 5.69 Å². The monoisotopic (exact) mass is 218 g/mol. The number of hydrogen-bond donors (Lipinski definition) is 1. The molecule has 0 bridgehead atoms. The van der Waals surface area contributed by atoms with E-state index in [1.54, 1.807) is 6.08 Å². The van der Waals surface area contributed by atoms with E-state index in [0.29, 0.717) is 19.5 Å². The Morgan fingerprint density at radius 3 is 2.75 bits per heavy atom. The van der Waals surface area contributed by atoms with E-state index >= 15 is 0 Å². The average molecular weight is 218 g/mol. The maximum atomic E-state index is 11.4. The van der Waals surface area contributed by atoms with Crippen LogP contribution in [-0.4, -0.2) is 26.0 Å². The number of benzene rings is 1. The standard InChI is InChI=1S/C13H18N2O/c1-3-10-14-13(16)9-11-15(2)12-7-5-4-6-8-12/h3-8H,1,9-11H2,2H3,(H,14,16). The molecule has 0 spiro atoms. The molecule has 0 heterocycles. The van der Waals surface area contributed by atoms with Gasteiger partial charge in [0.25, 0.3) is 0 Å². The summed E-state index contributed by atoms with van der Waals surface area (Å²) in [5, 5.41) is 2.76. The first-order valence-electron chi connectivity index (χ1n) is 5.38. The van der Waals surface area contributed by atoms with Gasteiger partial charge in [0.15, 0.2) is 0 Å². The Balaban J connectivity index is 2.33. The van der Waals surface area contributed by atoms with Crippen molar-refractivity contribution in [1.82, 2.24) is 5.32 Å². The molecule has 86 valence electrons. The molecule has 1 N–H and O–H groups in total. The Hall–Kier alpha value is -1.77. The average Bonchev–Trinajstić information content (AvgIpc) is 2.34. The van der Waals surface area contributed by atoms with Gasteiger partial charge in [0, 0.05) is 32.2 Å². The molecule has 3 heteroatoms. The molecular weight excluding hydrogens is 200 g/mol. The predicted molar refractivity (Wildman–Crippen MR) is 67.5 cm³/mol. The molecule has 0 atom stereocenters. The molecule has 0 aliphatic rings. The predicted octanol–water partition coefficient (Wildman–Crippen LogP) is 1.82. The minimum Gasteiger partial charge on any atom is -0.374 e. The third-order valence-electron chi connectivity index (χ3n) is 2.31. The van der Waals surface area contributed by atoms with Gasteiger partial charge < -0.3 is 10.2 Å².